The number of terminal acetylenes is 1. The number of hydrogen-bond acceptors (Lipinski definition) is 0. The first-order valence-electron chi connectivity index (χ1n) is 7.17. The zero-order chi connectivity index (χ0) is 15.5. The fourth-order valence-electron chi connectivity index (χ4n) is 1.81. The van der Waals surface area contributed by atoms with Gasteiger partial charge in [-0.2, -0.15) is 0 Å². The van der Waals surface area contributed by atoms with Crippen molar-refractivity contribution in [1.82, 2.24) is 0 Å². The maximum atomic E-state index is 4.00. The number of hydrogen-bond donors (Lipinski definition) is 0. The molecule has 106 valence electrons. The molecule has 0 aliphatic heterocycles. The van der Waals surface area contributed by atoms with Gasteiger partial charge in [0.05, 0.1) is 0 Å². The summed E-state index contributed by atoms with van der Waals surface area (Å²) in [5, 5.41) is 0. The molecule has 0 saturated heterocycles. The summed E-state index contributed by atoms with van der Waals surface area (Å²) in [4.78, 5) is 0. The van der Waals surface area contributed by atoms with E-state index in [4.69, 9.17) is 0 Å². The molecule has 0 heteroatoms. The van der Waals surface area contributed by atoms with Gasteiger partial charge in [0.2, 0.25) is 0 Å². The maximum absolute atomic E-state index is 4.00. The van der Waals surface area contributed by atoms with E-state index < -0.39 is 0 Å². The lowest BCUT2D eigenvalue weighted by molar-refractivity contribution is 0.867. The van der Waals surface area contributed by atoms with Gasteiger partial charge in [-0.05, 0) is 29.5 Å². The normalized spacial score (nSPS) is 9.00. The third-order valence-electron chi connectivity index (χ3n) is 2.96. The van der Waals surface area contributed by atoms with Crippen molar-refractivity contribution in [3.05, 3.63) is 59.7 Å². The van der Waals surface area contributed by atoms with Gasteiger partial charge in [0.1, 0.15) is 0 Å². The van der Waals surface area contributed by atoms with Crippen LogP contribution in [0.3, 0.4) is 0 Å². The van der Waals surface area contributed by atoms with Crippen molar-refractivity contribution in [2.75, 3.05) is 0 Å². The predicted molar refractivity (Wildman–Crippen MR) is 91.9 cm³/mol. The van der Waals surface area contributed by atoms with Crippen molar-refractivity contribution in [3.63, 3.8) is 0 Å². The monoisotopic (exact) mass is 266 g/mol. The van der Waals surface area contributed by atoms with Crippen molar-refractivity contribution in [2.24, 2.45) is 0 Å². The summed E-state index contributed by atoms with van der Waals surface area (Å²) in [5.74, 6) is 0.604. The van der Waals surface area contributed by atoms with Crippen molar-refractivity contribution >= 4 is 0 Å². The zero-order valence-electron chi connectivity index (χ0n) is 13.4. The highest BCUT2D eigenvalue weighted by atomic mass is 14.1. The van der Waals surface area contributed by atoms with Gasteiger partial charge in [0.15, 0.2) is 0 Å². The molecule has 0 atom stereocenters. The molecule has 0 radical (unpaired) electrons. The first-order chi connectivity index (χ1) is 9.66. The third kappa shape index (κ3) is 5.33. The van der Waals surface area contributed by atoms with Gasteiger partial charge in [0, 0.05) is 0 Å². The minimum atomic E-state index is 0.604. The molecule has 0 fully saturated rings. The van der Waals surface area contributed by atoms with E-state index in [-0.39, 0.29) is 0 Å². The Bertz CT molecular complexity index is 484. The van der Waals surface area contributed by atoms with Crippen LogP contribution in [-0.4, -0.2) is 0 Å². The Balaban J connectivity index is 0.000000829. The van der Waals surface area contributed by atoms with Gasteiger partial charge in [-0.3, -0.25) is 0 Å². The van der Waals surface area contributed by atoms with E-state index in [0.717, 1.165) is 0 Å². The van der Waals surface area contributed by atoms with Crippen LogP contribution in [-0.2, 0) is 0 Å². The van der Waals surface area contributed by atoms with Crippen molar-refractivity contribution in [1.29, 1.82) is 0 Å². The highest BCUT2D eigenvalue weighted by molar-refractivity contribution is 5.64. The SMILES string of the molecule is C#C.CC.Cc1ccc(-c2ccc(C(C)C)cc2)cc1. The second-order valence-electron chi connectivity index (χ2n) is 4.64. The van der Waals surface area contributed by atoms with Crippen LogP contribution in [0.25, 0.3) is 11.1 Å². The van der Waals surface area contributed by atoms with Crippen LogP contribution in [0.2, 0.25) is 0 Å². The van der Waals surface area contributed by atoms with Gasteiger partial charge in [-0.15, -0.1) is 12.8 Å². The van der Waals surface area contributed by atoms with Gasteiger partial charge >= 0.3 is 0 Å². The lowest BCUT2D eigenvalue weighted by atomic mass is 9.98. The minimum Gasteiger partial charge on any atom is -0.124 e. The van der Waals surface area contributed by atoms with Crippen molar-refractivity contribution in [2.45, 2.75) is 40.5 Å². The van der Waals surface area contributed by atoms with Crippen molar-refractivity contribution < 1.29 is 0 Å². The molecule has 0 saturated carbocycles. The molecule has 0 nitrogen and oxygen atoms in total. The van der Waals surface area contributed by atoms with Crippen LogP contribution in [0.1, 0.15) is 44.7 Å². The first kappa shape index (κ1) is 18.0. The molecule has 0 aliphatic rings. The Morgan fingerprint density at radius 1 is 0.700 bits per heavy atom. The summed E-state index contributed by atoms with van der Waals surface area (Å²) < 4.78 is 0. The quantitative estimate of drug-likeness (QED) is 0.579. The molecule has 2 rings (SSSR count). The highest BCUT2D eigenvalue weighted by Gasteiger charge is 2.00. The van der Waals surface area contributed by atoms with E-state index in [2.05, 4.69) is 82.1 Å². The lowest BCUT2D eigenvalue weighted by Crippen LogP contribution is -1.86. The summed E-state index contributed by atoms with van der Waals surface area (Å²) in [6.07, 6.45) is 8.00. The van der Waals surface area contributed by atoms with Crippen LogP contribution >= 0.6 is 0 Å². The van der Waals surface area contributed by atoms with Gasteiger partial charge in [0.25, 0.3) is 0 Å². The van der Waals surface area contributed by atoms with E-state index >= 15 is 0 Å². The Morgan fingerprint density at radius 2 is 1.05 bits per heavy atom. The Kier molecular flexibility index (Phi) is 8.88. The number of benzene rings is 2. The number of rotatable bonds is 2. The van der Waals surface area contributed by atoms with E-state index in [9.17, 15) is 0 Å². The molecule has 0 aliphatic carbocycles. The summed E-state index contributed by atoms with van der Waals surface area (Å²) in [6.45, 7) is 10.6. The molecule has 0 heterocycles. The van der Waals surface area contributed by atoms with Gasteiger partial charge < -0.3 is 0 Å². The molecule has 20 heavy (non-hydrogen) atoms. The molecule has 0 bridgehead atoms. The second kappa shape index (κ2) is 9.87. The van der Waals surface area contributed by atoms with Crippen molar-refractivity contribution in [3.8, 4) is 24.0 Å². The first-order valence-corrected chi connectivity index (χ1v) is 7.17. The lowest BCUT2D eigenvalue weighted by Gasteiger charge is -2.07. The van der Waals surface area contributed by atoms with Gasteiger partial charge in [-0.1, -0.05) is 81.8 Å². The molecule has 0 amide bonds. The van der Waals surface area contributed by atoms with Crippen LogP contribution < -0.4 is 0 Å². The average molecular weight is 266 g/mol. The average Bonchev–Trinajstić information content (AvgIpc) is 2.52. The number of aryl methyl sites for hydroxylation is 1. The molecule has 0 N–H and O–H groups in total. The van der Waals surface area contributed by atoms with Crippen LogP contribution in [0.5, 0.6) is 0 Å². The Hall–Kier alpha value is -2.00. The standard InChI is InChI=1S/C16H18.C2H6.C2H2/c1-12(2)14-8-10-16(11-9-14)15-6-4-13(3)5-7-15;2*1-2/h4-12H,1-3H3;1-2H3;1-2H. The summed E-state index contributed by atoms with van der Waals surface area (Å²) >= 11 is 0. The molecular formula is C20H26. The molecular weight excluding hydrogens is 240 g/mol. The van der Waals surface area contributed by atoms with Crippen LogP contribution in [0, 0.1) is 19.8 Å². The third-order valence-corrected chi connectivity index (χ3v) is 2.96. The fourth-order valence-corrected chi connectivity index (χ4v) is 1.81. The van der Waals surface area contributed by atoms with E-state index in [1.54, 1.807) is 0 Å². The molecule has 0 aromatic heterocycles. The second-order valence-corrected chi connectivity index (χ2v) is 4.64. The van der Waals surface area contributed by atoms with Gasteiger partial charge in [-0.25, -0.2) is 0 Å². The molecule has 0 unspecified atom stereocenters. The zero-order valence-corrected chi connectivity index (χ0v) is 13.4. The predicted octanol–water partition coefficient (Wildman–Crippen LogP) is 6.06. The molecule has 0 spiro atoms. The Labute approximate surface area is 124 Å². The van der Waals surface area contributed by atoms with E-state index in [0.29, 0.717) is 5.92 Å². The van der Waals surface area contributed by atoms with E-state index in [1.807, 2.05) is 13.8 Å². The summed E-state index contributed by atoms with van der Waals surface area (Å²) in [5.41, 5.74) is 5.30. The maximum Gasteiger partial charge on any atom is -0.0184 e. The van der Waals surface area contributed by atoms with Crippen LogP contribution in [0.4, 0.5) is 0 Å². The molecule has 2 aromatic carbocycles. The minimum absolute atomic E-state index is 0.604. The van der Waals surface area contributed by atoms with Crippen LogP contribution in [0.15, 0.2) is 48.5 Å². The van der Waals surface area contributed by atoms with E-state index in [1.165, 1.54) is 22.3 Å². The highest BCUT2D eigenvalue weighted by Crippen LogP contribution is 2.22. The molecule has 2 aromatic rings. The topological polar surface area (TPSA) is 0 Å². The fraction of sp³-hybridized carbons (Fsp3) is 0.300. The largest absolute Gasteiger partial charge is 0.124 e. The smallest absolute Gasteiger partial charge is 0.0184 e. The Morgan fingerprint density at radius 3 is 1.40 bits per heavy atom. The summed E-state index contributed by atoms with van der Waals surface area (Å²) in [6, 6.07) is 17.5. The summed E-state index contributed by atoms with van der Waals surface area (Å²) in [7, 11) is 0.